The number of nitrogens with one attached hydrogen (secondary N) is 1. The minimum Gasteiger partial charge on any atom is -0.487 e. The van der Waals surface area contributed by atoms with E-state index in [1.807, 2.05) is 24.4 Å². The molecule has 1 saturated heterocycles. The van der Waals surface area contributed by atoms with Crippen LogP contribution in [0.4, 0.5) is 0 Å². The highest BCUT2D eigenvalue weighted by molar-refractivity contribution is 5.84. The van der Waals surface area contributed by atoms with Crippen LogP contribution in [0.3, 0.4) is 0 Å². The molecular formula is C14H16N2O. The molecule has 1 fully saturated rings. The van der Waals surface area contributed by atoms with Crippen molar-refractivity contribution in [2.75, 3.05) is 13.1 Å². The lowest BCUT2D eigenvalue weighted by molar-refractivity contribution is 0.169. The van der Waals surface area contributed by atoms with Crippen molar-refractivity contribution in [2.24, 2.45) is 0 Å². The molecule has 1 aliphatic heterocycles. The SMILES string of the molecule is c1cnc2c(OC3CCCNC3)cccc2c1. The van der Waals surface area contributed by atoms with Crippen LogP contribution in [0.25, 0.3) is 10.9 Å². The topological polar surface area (TPSA) is 34.1 Å². The molecule has 1 aliphatic rings. The van der Waals surface area contributed by atoms with E-state index in [1.165, 1.54) is 6.42 Å². The molecule has 1 atom stereocenters. The Morgan fingerprint density at radius 1 is 1.24 bits per heavy atom. The molecule has 1 N–H and O–H groups in total. The van der Waals surface area contributed by atoms with Crippen LogP contribution >= 0.6 is 0 Å². The lowest BCUT2D eigenvalue weighted by atomic mass is 10.1. The molecule has 0 saturated carbocycles. The second-order valence-corrected chi connectivity index (χ2v) is 4.42. The maximum absolute atomic E-state index is 6.04. The summed E-state index contributed by atoms with van der Waals surface area (Å²) in [6.45, 7) is 2.04. The molecular weight excluding hydrogens is 212 g/mol. The summed E-state index contributed by atoms with van der Waals surface area (Å²) in [5, 5.41) is 4.49. The van der Waals surface area contributed by atoms with Gasteiger partial charge in [0, 0.05) is 18.1 Å². The molecule has 0 radical (unpaired) electrons. The van der Waals surface area contributed by atoms with Crippen molar-refractivity contribution in [1.82, 2.24) is 10.3 Å². The Bertz CT molecular complexity index is 501. The number of nitrogens with zero attached hydrogens (tertiary/aromatic N) is 1. The van der Waals surface area contributed by atoms with Gasteiger partial charge in [-0.3, -0.25) is 4.98 Å². The molecule has 3 rings (SSSR count). The Hall–Kier alpha value is -1.61. The molecule has 1 aromatic carbocycles. The zero-order chi connectivity index (χ0) is 11.5. The van der Waals surface area contributed by atoms with E-state index in [2.05, 4.69) is 22.4 Å². The third-order valence-corrected chi connectivity index (χ3v) is 3.14. The zero-order valence-corrected chi connectivity index (χ0v) is 9.73. The van der Waals surface area contributed by atoms with Crippen LogP contribution in [-0.4, -0.2) is 24.2 Å². The predicted molar refractivity (Wildman–Crippen MR) is 68.3 cm³/mol. The minimum atomic E-state index is 0.274. The average Bonchev–Trinajstić information content (AvgIpc) is 2.40. The van der Waals surface area contributed by atoms with Crippen molar-refractivity contribution < 1.29 is 4.74 Å². The highest BCUT2D eigenvalue weighted by Crippen LogP contribution is 2.24. The highest BCUT2D eigenvalue weighted by Gasteiger charge is 2.15. The molecule has 0 bridgehead atoms. The molecule has 88 valence electrons. The number of benzene rings is 1. The molecule has 2 aromatic rings. The number of piperidine rings is 1. The van der Waals surface area contributed by atoms with Crippen LogP contribution < -0.4 is 10.1 Å². The van der Waals surface area contributed by atoms with Crippen molar-refractivity contribution in [1.29, 1.82) is 0 Å². The van der Waals surface area contributed by atoms with Gasteiger partial charge in [-0.1, -0.05) is 18.2 Å². The number of ether oxygens (including phenoxy) is 1. The van der Waals surface area contributed by atoms with Gasteiger partial charge in [-0.15, -0.1) is 0 Å². The number of hydrogen-bond donors (Lipinski definition) is 1. The van der Waals surface area contributed by atoms with E-state index in [1.54, 1.807) is 0 Å². The monoisotopic (exact) mass is 228 g/mol. The van der Waals surface area contributed by atoms with E-state index in [-0.39, 0.29) is 6.10 Å². The van der Waals surface area contributed by atoms with E-state index in [0.29, 0.717) is 0 Å². The highest BCUT2D eigenvalue weighted by atomic mass is 16.5. The minimum absolute atomic E-state index is 0.274. The summed E-state index contributed by atoms with van der Waals surface area (Å²) in [5.41, 5.74) is 0.959. The second-order valence-electron chi connectivity index (χ2n) is 4.42. The first kappa shape index (κ1) is 10.5. The standard InChI is InChI=1S/C14H16N2O/c1-4-11-5-2-9-16-14(11)13(7-1)17-12-6-3-8-15-10-12/h1-2,4-5,7,9,12,15H,3,6,8,10H2. The predicted octanol–water partition coefficient (Wildman–Crippen LogP) is 2.37. The molecule has 0 aliphatic carbocycles. The van der Waals surface area contributed by atoms with Crippen molar-refractivity contribution in [2.45, 2.75) is 18.9 Å². The molecule has 3 heteroatoms. The first-order valence-corrected chi connectivity index (χ1v) is 6.14. The summed E-state index contributed by atoms with van der Waals surface area (Å²) >= 11 is 0. The van der Waals surface area contributed by atoms with Gasteiger partial charge in [0.25, 0.3) is 0 Å². The lowest BCUT2D eigenvalue weighted by Gasteiger charge is -2.24. The summed E-state index contributed by atoms with van der Waals surface area (Å²) in [7, 11) is 0. The number of hydrogen-bond acceptors (Lipinski definition) is 3. The zero-order valence-electron chi connectivity index (χ0n) is 9.73. The van der Waals surface area contributed by atoms with Crippen molar-refractivity contribution in [3.8, 4) is 5.75 Å². The Morgan fingerprint density at radius 2 is 2.18 bits per heavy atom. The number of rotatable bonds is 2. The van der Waals surface area contributed by atoms with E-state index in [9.17, 15) is 0 Å². The summed E-state index contributed by atoms with van der Waals surface area (Å²) in [4.78, 5) is 4.40. The molecule has 1 unspecified atom stereocenters. The van der Waals surface area contributed by atoms with Gasteiger partial charge in [-0.2, -0.15) is 0 Å². The Kier molecular flexibility index (Phi) is 2.92. The molecule has 2 heterocycles. The van der Waals surface area contributed by atoms with Crippen LogP contribution in [0.2, 0.25) is 0 Å². The van der Waals surface area contributed by atoms with Gasteiger partial charge in [0.15, 0.2) is 0 Å². The third-order valence-electron chi connectivity index (χ3n) is 3.14. The molecule has 3 nitrogen and oxygen atoms in total. The van der Waals surface area contributed by atoms with Gasteiger partial charge < -0.3 is 10.1 Å². The van der Waals surface area contributed by atoms with Crippen LogP contribution in [0.5, 0.6) is 5.75 Å². The van der Waals surface area contributed by atoms with Crippen molar-refractivity contribution in [3.63, 3.8) is 0 Å². The Balaban J connectivity index is 1.89. The first-order chi connectivity index (χ1) is 8.43. The van der Waals surface area contributed by atoms with E-state index in [4.69, 9.17) is 4.74 Å². The van der Waals surface area contributed by atoms with Gasteiger partial charge >= 0.3 is 0 Å². The van der Waals surface area contributed by atoms with Crippen molar-refractivity contribution >= 4 is 10.9 Å². The summed E-state index contributed by atoms with van der Waals surface area (Å²) in [6.07, 6.45) is 4.39. The Labute approximate surface area is 101 Å². The summed E-state index contributed by atoms with van der Waals surface area (Å²) in [6, 6.07) is 10.1. The van der Waals surface area contributed by atoms with Crippen LogP contribution in [-0.2, 0) is 0 Å². The third kappa shape index (κ3) is 2.24. The molecule has 17 heavy (non-hydrogen) atoms. The number of aromatic nitrogens is 1. The van der Waals surface area contributed by atoms with Crippen LogP contribution in [0.15, 0.2) is 36.5 Å². The fourth-order valence-corrected chi connectivity index (χ4v) is 2.27. The van der Waals surface area contributed by atoms with Gasteiger partial charge in [0.2, 0.25) is 0 Å². The van der Waals surface area contributed by atoms with Gasteiger partial charge in [0.05, 0.1) is 0 Å². The molecule has 0 spiro atoms. The Morgan fingerprint density at radius 3 is 3.06 bits per heavy atom. The van der Waals surface area contributed by atoms with Crippen molar-refractivity contribution in [3.05, 3.63) is 36.5 Å². The normalized spacial score (nSPS) is 20.4. The largest absolute Gasteiger partial charge is 0.487 e. The maximum Gasteiger partial charge on any atom is 0.146 e. The summed E-state index contributed by atoms with van der Waals surface area (Å²) in [5.74, 6) is 0.900. The van der Waals surface area contributed by atoms with Gasteiger partial charge in [0.1, 0.15) is 17.4 Å². The van der Waals surface area contributed by atoms with E-state index >= 15 is 0 Å². The van der Waals surface area contributed by atoms with Crippen LogP contribution in [0.1, 0.15) is 12.8 Å². The smallest absolute Gasteiger partial charge is 0.146 e. The number of fused-ring (bicyclic) bond motifs is 1. The van der Waals surface area contributed by atoms with Gasteiger partial charge in [-0.05, 0) is 31.5 Å². The number of pyridine rings is 1. The van der Waals surface area contributed by atoms with E-state index in [0.717, 1.165) is 36.2 Å². The number of para-hydroxylation sites is 1. The fourth-order valence-electron chi connectivity index (χ4n) is 2.27. The molecule has 1 aromatic heterocycles. The lowest BCUT2D eigenvalue weighted by Crippen LogP contribution is -2.37. The summed E-state index contributed by atoms with van der Waals surface area (Å²) < 4.78 is 6.04. The fraction of sp³-hybridized carbons (Fsp3) is 0.357. The van der Waals surface area contributed by atoms with Gasteiger partial charge in [-0.25, -0.2) is 0 Å². The maximum atomic E-state index is 6.04. The van der Waals surface area contributed by atoms with Crippen LogP contribution in [0, 0.1) is 0 Å². The molecule has 0 amide bonds. The second kappa shape index (κ2) is 4.72. The van der Waals surface area contributed by atoms with E-state index < -0.39 is 0 Å². The quantitative estimate of drug-likeness (QED) is 0.856. The first-order valence-electron chi connectivity index (χ1n) is 6.14. The average molecular weight is 228 g/mol.